The Kier molecular flexibility index (Phi) is 5.17. The molecule has 0 aliphatic carbocycles. The first-order valence-electron chi connectivity index (χ1n) is 7.83. The van der Waals surface area contributed by atoms with Crippen LogP contribution in [0.4, 0.5) is 4.79 Å². The van der Waals surface area contributed by atoms with Crippen LogP contribution in [0.15, 0.2) is 24.4 Å². The molecule has 130 valence electrons. The van der Waals surface area contributed by atoms with Crippen molar-refractivity contribution in [2.24, 2.45) is 0 Å². The number of methoxy groups -OCH3 is 1. The average molecular weight is 332 g/mol. The molecule has 1 aromatic heterocycles. The molecule has 2 rings (SSSR count). The summed E-state index contributed by atoms with van der Waals surface area (Å²) in [4.78, 5) is 27.2. The highest BCUT2D eigenvalue weighted by Gasteiger charge is 2.26. The minimum absolute atomic E-state index is 0.315. The van der Waals surface area contributed by atoms with Gasteiger partial charge in [-0.25, -0.2) is 9.59 Å². The highest BCUT2D eigenvalue weighted by atomic mass is 16.6. The van der Waals surface area contributed by atoms with Crippen LogP contribution in [0, 0.1) is 6.92 Å². The van der Waals surface area contributed by atoms with Gasteiger partial charge < -0.3 is 19.8 Å². The van der Waals surface area contributed by atoms with E-state index >= 15 is 0 Å². The van der Waals surface area contributed by atoms with E-state index in [0.717, 1.165) is 22.0 Å². The Labute approximate surface area is 141 Å². The van der Waals surface area contributed by atoms with Crippen LogP contribution in [0.5, 0.6) is 0 Å². The molecule has 0 aliphatic rings. The Bertz CT molecular complexity index is 743. The maximum absolute atomic E-state index is 12.0. The van der Waals surface area contributed by atoms with Crippen molar-refractivity contribution in [3.63, 3.8) is 0 Å². The molecular formula is C18H24N2O4. The van der Waals surface area contributed by atoms with Crippen LogP contribution in [-0.4, -0.2) is 35.8 Å². The summed E-state index contributed by atoms with van der Waals surface area (Å²) in [5.41, 5.74) is 2.40. The number of fused-ring (bicyclic) bond motifs is 1. The second-order valence-electron chi connectivity index (χ2n) is 6.79. The smallest absolute Gasteiger partial charge is 0.408 e. The van der Waals surface area contributed by atoms with Crippen molar-refractivity contribution in [1.29, 1.82) is 0 Å². The zero-order valence-electron chi connectivity index (χ0n) is 14.7. The molecule has 1 amide bonds. The summed E-state index contributed by atoms with van der Waals surface area (Å²) in [5, 5.41) is 3.62. The monoisotopic (exact) mass is 332 g/mol. The van der Waals surface area contributed by atoms with Gasteiger partial charge in [-0.2, -0.15) is 0 Å². The minimum Gasteiger partial charge on any atom is -0.467 e. The molecule has 24 heavy (non-hydrogen) atoms. The third-order valence-electron chi connectivity index (χ3n) is 3.52. The maximum Gasteiger partial charge on any atom is 0.408 e. The molecule has 0 fully saturated rings. The standard InChI is InChI=1S/C18H24N2O4/c1-11-6-7-14-13(8-11)12(10-19-14)9-15(16(21)23-5)20-17(22)24-18(2,3)4/h6-8,10,15,19H,9H2,1-5H3,(H,20,22)/t15-/m0/s1. The van der Waals surface area contributed by atoms with Gasteiger partial charge in [0.05, 0.1) is 7.11 Å². The fourth-order valence-electron chi connectivity index (χ4n) is 2.47. The number of nitrogens with one attached hydrogen (secondary N) is 2. The van der Waals surface area contributed by atoms with E-state index in [9.17, 15) is 9.59 Å². The van der Waals surface area contributed by atoms with Crippen molar-refractivity contribution in [2.75, 3.05) is 7.11 Å². The number of aromatic nitrogens is 1. The summed E-state index contributed by atoms with van der Waals surface area (Å²) in [6.45, 7) is 7.31. The summed E-state index contributed by atoms with van der Waals surface area (Å²) in [5.74, 6) is -0.511. The summed E-state index contributed by atoms with van der Waals surface area (Å²) >= 11 is 0. The van der Waals surface area contributed by atoms with Gasteiger partial charge in [-0.3, -0.25) is 0 Å². The summed E-state index contributed by atoms with van der Waals surface area (Å²) in [6, 6.07) is 5.23. The second kappa shape index (κ2) is 6.95. The molecule has 0 aliphatic heterocycles. The molecule has 0 unspecified atom stereocenters. The highest BCUT2D eigenvalue weighted by molar-refractivity contribution is 5.86. The van der Waals surface area contributed by atoms with Gasteiger partial charge in [-0.1, -0.05) is 11.6 Å². The normalized spacial score (nSPS) is 12.7. The zero-order chi connectivity index (χ0) is 17.9. The van der Waals surface area contributed by atoms with E-state index < -0.39 is 23.7 Å². The molecule has 0 spiro atoms. The fourth-order valence-corrected chi connectivity index (χ4v) is 2.47. The number of ether oxygens (including phenoxy) is 2. The molecule has 2 N–H and O–H groups in total. The lowest BCUT2D eigenvalue weighted by molar-refractivity contribution is -0.143. The Morgan fingerprint density at radius 3 is 2.62 bits per heavy atom. The Balaban J connectivity index is 2.20. The van der Waals surface area contributed by atoms with Crippen LogP contribution < -0.4 is 5.32 Å². The van der Waals surface area contributed by atoms with Crippen molar-refractivity contribution >= 4 is 23.0 Å². The van der Waals surface area contributed by atoms with Crippen molar-refractivity contribution in [2.45, 2.75) is 45.8 Å². The van der Waals surface area contributed by atoms with E-state index in [1.807, 2.05) is 31.3 Å². The highest BCUT2D eigenvalue weighted by Crippen LogP contribution is 2.21. The lowest BCUT2D eigenvalue weighted by Crippen LogP contribution is -2.45. The predicted octanol–water partition coefficient (Wildman–Crippen LogP) is 3.09. The number of carbonyl (C=O) groups excluding carboxylic acids is 2. The fraction of sp³-hybridized carbons (Fsp3) is 0.444. The number of rotatable bonds is 4. The number of hydrogen-bond acceptors (Lipinski definition) is 4. The molecule has 2 aromatic rings. The molecule has 6 nitrogen and oxygen atoms in total. The van der Waals surface area contributed by atoms with Crippen LogP contribution in [0.25, 0.3) is 10.9 Å². The summed E-state index contributed by atoms with van der Waals surface area (Å²) in [6.07, 6.45) is 1.51. The second-order valence-corrected chi connectivity index (χ2v) is 6.79. The number of H-pyrrole nitrogens is 1. The van der Waals surface area contributed by atoms with Gasteiger partial charge in [0.15, 0.2) is 0 Å². The van der Waals surface area contributed by atoms with Crippen LogP contribution in [-0.2, 0) is 20.7 Å². The van der Waals surface area contributed by atoms with Crippen LogP contribution in [0.3, 0.4) is 0 Å². The molecular weight excluding hydrogens is 308 g/mol. The van der Waals surface area contributed by atoms with Gasteiger partial charge in [0, 0.05) is 23.5 Å². The Morgan fingerprint density at radius 2 is 2.00 bits per heavy atom. The third kappa shape index (κ3) is 4.50. The Hall–Kier alpha value is -2.50. The summed E-state index contributed by atoms with van der Waals surface area (Å²) < 4.78 is 10.0. The van der Waals surface area contributed by atoms with Gasteiger partial charge in [-0.05, 0) is 45.4 Å². The van der Waals surface area contributed by atoms with E-state index in [1.165, 1.54) is 7.11 Å². The first-order valence-corrected chi connectivity index (χ1v) is 7.83. The quantitative estimate of drug-likeness (QED) is 0.843. The maximum atomic E-state index is 12.0. The number of aryl methyl sites for hydroxylation is 1. The molecule has 0 saturated heterocycles. The van der Waals surface area contributed by atoms with Gasteiger partial charge in [0.1, 0.15) is 11.6 Å². The molecule has 6 heteroatoms. The van der Waals surface area contributed by atoms with Gasteiger partial charge in [0.25, 0.3) is 0 Å². The van der Waals surface area contributed by atoms with Gasteiger partial charge in [-0.15, -0.1) is 0 Å². The SMILES string of the molecule is COC(=O)[C@H](Cc1c[nH]c2ccc(C)cc12)NC(=O)OC(C)(C)C. The minimum atomic E-state index is -0.815. The largest absolute Gasteiger partial charge is 0.467 e. The number of alkyl carbamates (subject to hydrolysis) is 1. The van der Waals surface area contributed by atoms with Crippen LogP contribution >= 0.6 is 0 Å². The molecule has 1 aromatic carbocycles. The first-order chi connectivity index (χ1) is 11.2. The topological polar surface area (TPSA) is 80.4 Å². The average Bonchev–Trinajstić information content (AvgIpc) is 2.86. The number of esters is 1. The van der Waals surface area contributed by atoms with Crippen LogP contribution in [0.2, 0.25) is 0 Å². The molecule has 0 radical (unpaired) electrons. The van der Waals surface area contributed by atoms with Crippen molar-refractivity contribution in [3.8, 4) is 0 Å². The van der Waals surface area contributed by atoms with E-state index in [1.54, 1.807) is 20.8 Å². The third-order valence-corrected chi connectivity index (χ3v) is 3.52. The number of hydrogen-bond donors (Lipinski definition) is 2. The summed E-state index contributed by atoms with van der Waals surface area (Å²) in [7, 11) is 1.30. The Morgan fingerprint density at radius 1 is 1.29 bits per heavy atom. The number of carbonyl (C=O) groups is 2. The van der Waals surface area contributed by atoms with Crippen molar-refractivity contribution in [1.82, 2.24) is 10.3 Å². The van der Waals surface area contributed by atoms with E-state index in [2.05, 4.69) is 10.3 Å². The van der Waals surface area contributed by atoms with Gasteiger partial charge in [0.2, 0.25) is 0 Å². The number of benzene rings is 1. The lowest BCUT2D eigenvalue weighted by atomic mass is 10.0. The first kappa shape index (κ1) is 17.8. The van der Waals surface area contributed by atoms with E-state index in [-0.39, 0.29) is 0 Å². The van der Waals surface area contributed by atoms with E-state index in [4.69, 9.17) is 9.47 Å². The zero-order valence-corrected chi connectivity index (χ0v) is 14.7. The van der Waals surface area contributed by atoms with E-state index in [0.29, 0.717) is 6.42 Å². The van der Waals surface area contributed by atoms with Gasteiger partial charge >= 0.3 is 12.1 Å². The molecule has 0 bridgehead atoms. The molecule has 1 heterocycles. The molecule has 0 saturated carbocycles. The predicted molar refractivity (Wildman–Crippen MR) is 91.9 cm³/mol. The lowest BCUT2D eigenvalue weighted by Gasteiger charge is -2.22. The molecule has 1 atom stereocenters. The number of amides is 1. The van der Waals surface area contributed by atoms with Crippen LogP contribution in [0.1, 0.15) is 31.9 Å². The number of aromatic amines is 1. The van der Waals surface area contributed by atoms with Crippen molar-refractivity contribution in [3.05, 3.63) is 35.5 Å². The van der Waals surface area contributed by atoms with Crippen molar-refractivity contribution < 1.29 is 19.1 Å².